The van der Waals surface area contributed by atoms with Gasteiger partial charge < -0.3 is 13.8 Å². The zero-order valence-electron chi connectivity index (χ0n) is 18.1. The Morgan fingerprint density at radius 1 is 1.06 bits per heavy atom. The zero-order chi connectivity index (χ0) is 22.8. The van der Waals surface area contributed by atoms with Gasteiger partial charge in [0.15, 0.2) is 5.82 Å². The number of benzene rings is 2. The Morgan fingerprint density at radius 3 is 2.64 bits per heavy atom. The lowest BCUT2D eigenvalue weighted by atomic mass is 9.97. The van der Waals surface area contributed by atoms with Crippen molar-refractivity contribution in [1.82, 2.24) is 25.2 Å². The maximum atomic E-state index is 13.6. The van der Waals surface area contributed by atoms with Crippen molar-refractivity contribution < 1.29 is 13.7 Å². The predicted molar refractivity (Wildman–Crippen MR) is 122 cm³/mol. The van der Waals surface area contributed by atoms with Crippen molar-refractivity contribution in [2.75, 3.05) is 6.54 Å². The molecule has 0 radical (unpaired) electrons. The second kappa shape index (κ2) is 9.15. The van der Waals surface area contributed by atoms with Crippen LogP contribution in [-0.2, 0) is 6.42 Å². The van der Waals surface area contributed by atoms with Crippen LogP contribution >= 0.6 is 11.6 Å². The summed E-state index contributed by atoms with van der Waals surface area (Å²) in [7, 11) is 0. The number of aryl methyl sites for hydroxylation is 1. The highest BCUT2D eigenvalue weighted by Crippen LogP contribution is 2.29. The third kappa shape index (κ3) is 4.39. The van der Waals surface area contributed by atoms with Crippen molar-refractivity contribution >= 4 is 17.5 Å². The average molecular weight is 464 g/mol. The van der Waals surface area contributed by atoms with Gasteiger partial charge in [0.1, 0.15) is 0 Å². The average Bonchev–Trinajstić information content (AvgIpc) is 3.48. The molecule has 0 bridgehead atoms. The first-order valence-corrected chi connectivity index (χ1v) is 11.3. The molecule has 4 aromatic rings. The van der Waals surface area contributed by atoms with Gasteiger partial charge in [0.05, 0.1) is 21.7 Å². The van der Waals surface area contributed by atoms with E-state index in [-0.39, 0.29) is 11.9 Å². The topological polar surface area (TPSA) is 98.2 Å². The van der Waals surface area contributed by atoms with E-state index in [1.807, 2.05) is 41.3 Å². The molecule has 0 unspecified atom stereocenters. The number of aromatic nitrogens is 4. The van der Waals surface area contributed by atoms with Crippen LogP contribution < -0.4 is 0 Å². The molecule has 9 heteroatoms. The standard InChI is InChI=1S/C24H22ClN5O3/c1-15-26-22(33-29-15)17-9-2-3-10-18(17)24(31)30-13-7-6-8-16(30)14-21-27-28-23(32-21)19-11-4-5-12-20(19)25/h2-5,9-12,16H,6-8,13-14H2,1H3/t16-/m0/s1. The van der Waals surface area contributed by atoms with Crippen LogP contribution in [0.4, 0.5) is 0 Å². The van der Waals surface area contributed by atoms with E-state index in [1.165, 1.54) is 0 Å². The molecule has 1 fully saturated rings. The van der Waals surface area contributed by atoms with Crippen LogP contribution in [0.15, 0.2) is 57.5 Å². The largest absolute Gasteiger partial charge is 0.421 e. The Labute approximate surface area is 195 Å². The van der Waals surface area contributed by atoms with E-state index in [1.54, 1.807) is 19.1 Å². The van der Waals surface area contributed by atoms with Gasteiger partial charge >= 0.3 is 0 Å². The number of nitrogens with zero attached hydrogens (tertiary/aromatic N) is 5. The normalized spacial score (nSPS) is 16.2. The molecule has 3 heterocycles. The van der Waals surface area contributed by atoms with E-state index < -0.39 is 0 Å². The summed E-state index contributed by atoms with van der Waals surface area (Å²) in [5.41, 5.74) is 1.86. The Bertz CT molecular complexity index is 1280. The molecule has 1 aliphatic heterocycles. The number of carbonyl (C=O) groups is 1. The van der Waals surface area contributed by atoms with Gasteiger partial charge in [-0.2, -0.15) is 4.98 Å². The lowest BCUT2D eigenvalue weighted by molar-refractivity contribution is 0.0606. The molecule has 33 heavy (non-hydrogen) atoms. The number of likely N-dealkylation sites (tertiary alicyclic amines) is 1. The smallest absolute Gasteiger partial charge is 0.258 e. The fourth-order valence-electron chi connectivity index (χ4n) is 4.18. The fraction of sp³-hybridized carbons (Fsp3) is 0.292. The number of rotatable bonds is 5. The van der Waals surface area contributed by atoms with E-state index in [2.05, 4.69) is 20.3 Å². The Kier molecular flexibility index (Phi) is 5.92. The van der Waals surface area contributed by atoms with Crippen LogP contribution in [0, 0.1) is 6.92 Å². The molecule has 2 aromatic heterocycles. The second-order valence-electron chi connectivity index (χ2n) is 8.03. The van der Waals surface area contributed by atoms with Crippen molar-refractivity contribution in [2.45, 2.75) is 38.6 Å². The van der Waals surface area contributed by atoms with E-state index >= 15 is 0 Å². The van der Waals surface area contributed by atoms with Gasteiger partial charge in [-0.25, -0.2) is 0 Å². The zero-order valence-corrected chi connectivity index (χ0v) is 18.8. The summed E-state index contributed by atoms with van der Waals surface area (Å²) >= 11 is 6.26. The minimum absolute atomic E-state index is 0.0525. The van der Waals surface area contributed by atoms with Crippen molar-refractivity contribution in [3.63, 3.8) is 0 Å². The Hall–Kier alpha value is -3.52. The first-order valence-electron chi connectivity index (χ1n) is 10.9. The van der Waals surface area contributed by atoms with Gasteiger partial charge in [-0.3, -0.25) is 4.79 Å². The fourth-order valence-corrected chi connectivity index (χ4v) is 4.40. The molecular weight excluding hydrogens is 442 g/mol. The predicted octanol–water partition coefficient (Wildman–Crippen LogP) is 4.99. The van der Waals surface area contributed by atoms with Gasteiger partial charge in [-0.15, -0.1) is 10.2 Å². The lowest BCUT2D eigenvalue weighted by Crippen LogP contribution is -2.45. The van der Waals surface area contributed by atoms with Crippen LogP contribution in [0.5, 0.6) is 0 Å². The summed E-state index contributed by atoms with van der Waals surface area (Å²) < 4.78 is 11.2. The third-order valence-corrected chi connectivity index (χ3v) is 6.11. The van der Waals surface area contributed by atoms with Gasteiger partial charge in [-0.1, -0.05) is 41.0 Å². The number of carbonyl (C=O) groups excluding carboxylic acids is 1. The summed E-state index contributed by atoms with van der Waals surface area (Å²) in [5, 5.41) is 12.8. The van der Waals surface area contributed by atoms with Crippen LogP contribution in [-0.4, -0.2) is 43.7 Å². The molecule has 8 nitrogen and oxygen atoms in total. The van der Waals surface area contributed by atoms with Crippen molar-refractivity contribution in [3.05, 3.63) is 70.8 Å². The van der Waals surface area contributed by atoms with Crippen molar-refractivity contribution in [2.24, 2.45) is 0 Å². The lowest BCUT2D eigenvalue weighted by Gasteiger charge is -2.35. The molecule has 1 amide bonds. The number of amides is 1. The molecule has 0 saturated carbocycles. The summed E-state index contributed by atoms with van der Waals surface area (Å²) in [6, 6.07) is 14.6. The SMILES string of the molecule is Cc1noc(-c2ccccc2C(=O)N2CCCC[C@H]2Cc2nnc(-c3ccccc3Cl)o2)n1. The monoisotopic (exact) mass is 463 g/mol. The van der Waals surface area contributed by atoms with Crippen LogP contribution in [0.25, 0.3) is 22.9 Å². The number of piperidine rings is 1. The molecule has 5 rings (SSSR count). The second-order valence-corrected chi connectivity index (χ2v) is 8.43. The van der Waals surface area contributed by atoms with E-state index in [9.17, 15) is 4.79 Å². The first kappa shape index (κ1) is 21.3. The van der Waals surface area contributed by atoms with Gasteiger partial charge in [0, 0.05) is 19.0 Å². The van der Waals surface area contributed by atoms with Gasteiger partial charge in [0.2, 0.25) is 11.8 Å². The molecular formula is C24H22ClN5O3. The Balaban J connectivity index is 1.39. The quantitative estimate of drug-likeness (QED) is 0.411. The minimum Gasteiger partial charge on any atom is -0.421 e. The summed E-state index contributed by atoms with van der Waals surface area (Å²) in [6.07, 6.45) is 3.31. The van der Waals surface area contributed by atoms with Gasteiger partial charge in [0.25, 0.3) is 11.8 Å². The molecule has 168 valence electrons. The van der Waals surface area contributed by atoms with Crippen LogP contribution in [0.3, 0.4) is 0 Å². The third-order valence-electron chi connectivity index (χ3n) is 5.78. The van der Waals surface area contributed by atoms with Crippen LogP contribution in [0.1, 0.15) is 41.3 Å². The molecule has 0 spiro atoms. The van der Waals surface area contributed by atoms with Gasteiger partial charge in [-0.05, 0) is 50.5 Å². The molecule has 0 N–H and O–H groups in total. The maximum Gasteiger partial charge on any atom is 0.258 e. The number of hydrogen-bond acceptors (Lipinski definition) is 7. The van der Waals surface area contributed by atoms with Crippen LogP contribution in [0.2, 0.25) is 5.02 Å². The molecule has 1 atom stereocenters. The highest BCUT2D eigenvalue weighted by molar-refractivity contribution is 6.33. The van der Waals surface area contributed by atoms with E-state index in [4.69, 9.17) is 20.5 Å². The van der Waals surface area contributed by atoms with Crippen molar-refractivity contribution in [1.29, 1.82) is 0 Å². The molecule has 2 aromatic carbocycles. The van der Waals surface area contributed by atoms with Crippen molar-refractivity contribution in [3.8, 4) is 22.9 Å². The summed E-state index contributed by atoms with van der Waals surface area (Å²) in [4.78, 5) is 19.8. The number of halogens is 1. The molecule has 1 aliphatic rings. The highest BCUT2D eigenvalue weighted by Gasteiger charge is 2.31. The molecule has 1 saturated heterocycles. The first-order chi connectivity index (χ1) is 16.1. The van der Waals surface area contributed by atoms with E-state index in [0.29, 0.717) is 58.2 Å². The highest BCUT2D eigenvalue weighted by atomic mass is 35.5. The summed E-state index contributed by atoms with van der Waals surface area (Å²) in [6.45, 7) is 2.41. The Morgan fingerprint density at radius 2 is 1.85 bits per heavy atom. The van der Waals surface area contributed by atoms with E-state index in [0.717, 1.165) is 19.3 Å². The molecule has 0 aliphatic carbocycles. The summed E-state index contributed by atoms with van der Waals surface area (Å²) in [5.74, 6) is 1.65. The maximum absolute atomic E-state index is 13.6. The number of hydrogen-bond donors (Lipinski definition) is 0. The minimum atomic E-state index is -0.0722.